The van der Waals surface area contributed by atoms with Crippen molar-refractivity contribution >= 4 is 28.5 Å². The molecule has 2 rings (SSSR count). The summed E-state index contributed by atoms with van der Waals surface area (Å²) in [7, 11) is 0. The molecular formula is C10H14IN3. The molecule has 0 aliphatic heterocycles. The molecule has 1 aromatic heterocycles. The van der Waals surface area contributed by atoms with Crippen LogP contribution in [0.15, 0.2) is 12.4 Å². The fourth-order valence-electron chi connectivity index (χ4n) is 1.57. The molecule has 4 heteroatoms. The van der Waals surface area contributed by atoms with Crippen molar-refractivity contribution in [2.45, 2.75) is 25.7 Å². The lowest BCUT2D eigenvalue weighted by Crippen LogP contribution is -2.16. The van der Waals surface area contributed by atoms with E-state index in [0.717, 1.165) is 22.0 Å². The van der Waals surface area contributed by atoms with E-state index in [1.165, 1.54) is 25.7 Å². The van der Waals surface area contributed by atoms with Crippen LogP contribution in [0.3, 0.4) is 0 Å². The monoisotopic (exact) mass is 303 g/mol. The molecule has 0 aromatic carbocycles. The second-order valence-electron chi connectivity index (χ2n) is 3.74. The molecule has 1 aromatic rings. The summed E-state index contributed by atoms with van der Waals surface area (Å²) in [6, 6.07) is 0. The van der Waals surface area contributed by atoms with E-state index >= 15 is 0 Å². The van der Waals surface area contributed by atoms with E-state index < -0.39 is 0 Å². The third-order valence-electron chi connectivity index (χ3n) is 2.68. The van der Waals surface area contributed by atoms with E-state index in [-0.39, 0.29) is 0 Å². The Balaban J connectivity index is 1.71. The number of hydrogen-bond acceptors (Lipinski definition) is 3. The van der Waals surface area contributed by atoms with Crippen LogP contribution in [0.25, 0.3) is 0 Å². The van der Waals surface area contributed by atoms with Crippen LogP contribution in [0, 0.1) is 9.49 Å². The Kier molecular flexibility index (Phi) is 3.55. The van der Waals surface area contributed by atoms with Gasteiger partial charge in [-0.1, -0.05) is 19.3 Å². The first kappa shape index (κ1) is 10.1. The number of nitrogens with zero attached hydrogens (tertiary/aromatic N) is 2. The summed E-state index contributed by atoms with van der Waals surface area (Å²) in [6.07, 6.45) is 9.17. The number of halogens is 1. The van der Waals surface area contributed by atoms with Gasteiger partial charge >= 0.3 is 0 Å². The summed E-state index contributed by atoms with van der Waals surface area (Å²) in [4.78, 5) is 8.38. The molecule has 0 bridgehead atoms. The van der Waals surface area contributed by atoms with Crippen LogP contribution in [0.1, 0.15) is 25.7 Å². The maximum Gasteiger partial charge on any atom is 0.222 e. The van der Waals surface area contributed by atoms with Gasteiger partial charge in [-0.05, 0) is 34.9 Å². The molecule has 3 nitrogen and oxygen atoms in total. The van der Waals surface area contributed by atoms with Gasteiger partial charge in [0.2, 0.25) is 5.95 Å². The zero-order valence-corrected chi connectivity index (χ0v) is 10.2. The standard InChI is InChI=1S/C10H14IN3/c11-9-6-13-10(14-7-9)12-5-4-8-2-1-3-8/h6-8H,1-5H2,(H,12,13,14). The molecule has 1 aliphatic rings. The topological polar surface area (TPSA) is 37.8 Å². The minimum absolute atomic E-state index is 0.754. The summed E-state index contributed by atoms with van der Waals surface area (Å²) >= 11 is 2.21. The second-order valence-corrected chi connectivity index (χ2v) is 4.98. The number of nitrogens with one attached hydrogen (secondary N) is 1. The molecule has 0 atom stereocenters. The predicted molar refractivity (Wildman–Crippen MR) is 65.2 cm³/mol. The zero-order valence-electron chi connectivity index (χ0n) is 8.04. The van der Waals surface area contributed by atoms with Gasteiger partial charge in [-0.15, -0.1) is 0 Å². The quantitative estimate of drug-likeness (QED) is 0.869. The molecule has 1 saturated carbocycles. The van der Waals surface area contributed by atoms with Crippen LogP contribution in [0.4, 0.5) is 5.95 Å². The Labute approximate surface area is 97.9 Å². The summed E-state index contributed by atoms with van der Waals surface area (Å²) < 4.78 is 1.08. The molecule has 1 aliphatic carbocycles. The fraction of sp³-hybridized carbons (Fsp3) is 0.600. The lowest BCUT2D eigenvalue weighted by molar-refractivity contribution is 0.303. The number of anilines is 1. The fourth-order valence-corrected chi connectivity index (χ4v) is 1.85. The number of rotatable bonds is 4. The third kappa shape index (κ3) is 2.80. The van der Waals surface area contributed by atoms with Crippen molar-refractivity contribution in [3.63, 3.8) is 0 Å². The highest BCUT2D eigenvalue weighted by molar-refractivity contribution is 14.1. The van der Waals surface area contributed by atoms with Crippen molar-refractivity contribution < 1.29 is 0 Å². The van der Waals surface area contributed by atoms with Gasteiger partial charge in [0.15, 0.2) is 0 Å². The summed E-state index contributed by atoms with van der Waals surface area (Å²) in [5.41, 5.74) is 0. The lowest BCUT2D eigenvalue weighted by Gasteiger charge is -2.25. The summed E-state index contributed by atoms with van der Waals surface area (Å²) in [6.45, 7) is 1.01. The predicted octanol–water partition coefficient (Wildman–Crippen LogP) is 2.68. The molecule has 0 spiro atoms. The van der Waals surface area contributed by atoms with Crippen molar-refractivity contribution in [3.8, 4) is 0 Å². The van der Waals surface area contributed by atoms with Crippen LogP contribution in [-0.4, -0.2) is 16.5 Å². The second kappa shape index (κ2) is 4.91. The van der Waals surface area contributed by atoms with Gasteiger partial charge in [-0.2, -0.15) is 0 Å². The molecular weight excluding hydrogens is 289 g/mol. The minimum atomic E-state index is 0.754. The van der Waals surface area contributed by atoms with Crippen LogP contribution in [0.5, 0.6) is 0 Å². The average Bonchev–Trinajstić information content (AvgIpc) is 2.12. The van der Waals surface area contributed by atoms with Gasteiger partial charge in [0.25, 0.3) is 0 Å². The van der Waals surface area contributed by atoms with Crippen molar-refractivity contribution in [1.29, 1.82) is 0 Å². The van der Waals surface area contributed by atoms with Crippen LogP contribution >= 0.6 is 22.6 Å². The number of hydrogen-bond donors (Lipinski definition) is 1. The SMILES string of the molecule is Ic1cnc(NCCC2CCC2)nc1. The molecule has 1 N–H and O–H groups in total. The van der Waals surface area contributed by atoms with E-state index in [9.17, 15) is 0 Å². The third-order valence-corrected chi connectivity index (χ3v) is 3.24. The zero-order chi connectivity index (χ0) is 9.80. The van der Waals surface area contributed by atoms with Crippen molar-refractivity contribution in [1.82, 2.24) is 9.97 Å². The smallest absolute Gasteiger partial charge is 0.222 e. The molecule has 1 heterocycles. The largest absolute Gasteiger partial charge is 0.354 e. The Morgan fingerprint density at radius 2 is 2.07 bits per heavy atom. The summed E-state index contributed by atoms with van der Waals surface area (Å²) in [5.74, 6) is 1.70. The van der Waals surface area contributed by atoms with E-state index in [4.69, 9.17) is 0 Å². The van der Waals surface area contributed by atoms with Gasteiger partial charge in [0, 0.05) is 22.5 Å². The highest BCUT2D eigenvalue weighted by Gasteiger charge is 2.16. The lowest BCUT2D eigenvalue weighted by atomic mass is 9.83. The van der Waals surface area contributed by atoms with E-state index in [0.29, 0.717) is 0 Å². The molecule has 76 valence electrons. The highest BCUT2D eigenvalue weighted by Crippen LogP contribution is 2.28. The van der Waals surface area contributed by atoms with Crippen LogP contribution in [-0.2, 0) is 0 Å². The Morgan fingerprint density at radius 1 is 1.36 bits per heavy atom. The van der Waals surface area contributed by atoms with Gasteiger partial charge in [0.05, 0.1) is 0 Å². The molecule has 1 fully saturated rings. The maximum absolute atomic E-state index is 4.19. The Morgan fingerprint density at radius 3 is 2.64 bits per heavy atom. The van der Waals surface area contributed by atoms with Gasteiger partial charge < -0.3 is 5.32 Å². The Bertz CT molecular complexity index is 282. The molecule has 0 amide bonds. The molecule has 14 heavy (non-hydrogen) atoms. The van der Waals surface area contributed by atoms with E-state index in [2.05, 4.69) is 37.9 Å². The minimum Gasteiger partial charge on any atom is -0.354 e. The highest BCUT2D eigenvalue weighted by atomic mass is 127. The van der Waals surface area contributed by atoms with Gasteiger partial charge in [0.1, 0.15) is 0 Å². The number of aromatic nitrogens is 2. The van der Waals surface area contributed by atoms with Gasteiger partial charge in [-0.3, -0.25) is 0 Å². The average molecular weight is 303 g/mol. The van der Waals surface area contributed by atoms with Crippen LogP contribution in [0.2, 0.25) is 0 Å². The van der Waals surface area contributed by atoms with Crippen molar-refractivity contribution in [2.75, 3.05) is 11.9 Å². The first-order chi connectivity index (χ1) is 6.84. The van der Waals surface area contributed by atoms with E-state index in [1.54, 1.807) is 0 Å². The van der Waals surface area contributed by atoms with Crippen LogP contribution < -0.4 is 5.32 Å². The van der Waals surface area contributed by atoms with Crippen molar-refractivity contribution in [3.05, 3.63) is 16.0 Å². The maximum atomic E-state index is 4.19. The molecule has 0 unspecified atom stereocenters. The van der Waals surface area contributed by atoms with Gasteiger partial charge in [-0.25, -0.2) is 9.97 Å². The van der Waals surface area contributed by atoms with Crippen molar-refractivity contribution in [2.24, 2.45) is 5.92 Å². The van der Waals surface area contributed by atoms with E-state index in [1.807, 2.05) is 12.4 Å². The first-order valence-corrected chi connectivity index (χ1v) is 6.14. The molecule has 0 radical (unpaired) electrons. The normalized spacial score (nSPS) is 16.4. The molecule has 0 saturated heterocycles. The summed E-state index contributed by atoms with van der Waals surface area (Å²) in [5, 5.41) is 3.25. The Hall–Kier alpha value is -0.390. The first-order valence-electron chi connectivity index (χ1n) is 5.06.